The predicted molar refractivity (Wildman–Crippen MR) is 85.2 cm³/mol. The highest BCUT2D eigenvalue weighted by Crippen LogP contribution is 2.27. The molecule has 112 valence electrons. The zero-order valence-electron chi connectivity index (χ0n) is 13.3. The van der Waals surface area contributed by atoms with Gasteiger partial charge in [-0.05, 0) is 46.2 Å². The van der Waals surface area contributed by atoms with Crippen LogP contribution in [0.4, 0.5) is 5.69 Å². The number of nitrogens with zero attached hydrogens (tertiary/aromatic N) is 1. The number of para-hydroxylation sites is 1. The number of nitrogens with one attached hydrogen (secondary N) is 1. The molecule has 3 heteroatoms. The minimum Gasteiger partial charge on any atom is -0.385 e. The molecule has 0 aliphatic carbocycles. The maximum absolute atomic E-state index is 6.11. The van der Waals surface area contributed by atoms with Crippen LogP contribution in [0.3, 0.4) is 0 Å². The third-order valence-corrected chi connectivity index (χ3v) is 3.52. The fourth-order valence-corrected chi connectivity index (χ4v) is 3.19. The highest BCUT2D eigenvalue weighted by molar-refractivity contribution is 5.42. The average molecular weight is 276 g/mol. The lowest BCUT2D eigenvalue weighted by molar-refractivity contribution is -0.180. The van der Waals surface area contributed by atoms with E-state index in [2.05, 4.69) is 62.2 Å². The van der Waals surface area contributed by atoms with Gasteiger partial charge in [-0.25, -0.2) is 0 Å². The van der Waals surface area contributed by atoms with E-state index < -0.39 is 0 Å². The number of anilines is 1. The van der Waals surface area contributed by atoms with Crippen LogP contribution >= 0.6 is 0 Å². The molecule has 0 saturated carbocycles. The molecule has 1 fully saturated rings. The van der Waals surface area contributed by atoms with Gasteiger partial charge in [0.2, 0.25) is 0 Å². The summed E-state index contributed by atoms with van der Waals surface area (Å²) in [6.45, 7) is 12.9. The molecule has 0 radical (unpaired) electrons. The van der Waals surface area contributed by atoms with Crippen LogP contribution in [0.25, 0.3) is 0 Å². The second-order valence-corrected chi connectivity index (χ2v) is 6.98. The molecule has 3 nitrogen and oxygen atoms in total. The molecule has 0 unspecified atom stereocenters. The highest BCUT2D eigenvalue weighted by Gasteiger charge is 2.37. The van der Waals surface area contributed by atoms with Gasteiger partial charge in [-0.2, -0.15) is 0 Å². The topological polar surface area (TPSA) is 24.5 Å². The summed E-state index contributed by atoms with van der Waals surface area (Å²) in [6.07, 6.45) is 1.15. The average Bonchev–Trinajstić information content (AvgIpc) is 2.32. The summed E-state index contributed by atoms with van der Waals surface area (Å²) in [4.78, 5) is 2.52. The van der Waals surface area contributed by atoms with Crippen molar-refractivity contribution in [2.45, 2.75) is 45.3 Å². The van der Waals surface area contributed by atoms with E-state index in [-0.39, 0.29) is 11.2 Å². The van der Waals surface area contributed by atoms with Gasteiger partial charge in [0, 0.05) is 31.9 Å². The van der Waals surface area contributed by atoms with Crippen LogP contribution in [0.1, 0.15) is 34.1 Å². The summed E-state index contributed by atoms with van der Waals surface area (Å²) in [7, 11) is 0. The number of morpholine rings is 1. The molecule has 0 aromatic heterocycles. The van der Waals surface area contributed by atoms with Crippen LogP contribution in [0.5, 0.6) is 0 Å². The van der Waals surface area contributed by atoms with Crippen LogP contribution in [-0.2, 0) is 4.74 Å². The van der Waals surface area contributed by atoms with Gasteiger partial charge in [0.15, 0.2) is 0 Å². The van der Waals surface area contributed by atoms with Crippen molar-refractivity contribution in [1.82, 2.24) is 4.90 Å². The molecule has 0 atom stereocenters. The van der Waals surface area contributed by atoms with Crippen LogP contribution < -0.4 is 5.32 Å². The number of ether oxygens (including phenoxy) is 1. The molecule has 0 bridgehead atoms. The van der Waals surface area contributed by atoms with Gasteiger partial charge >= 0.3 is 0 Å². The second kappa shape index (κ2) is 6.15. The fourth-order valence-electron chi connectivity index (χ4n) is 3.19. The molecule has 1 N–H and O–H groups in total. The normalized spacial score (nSPS) is 21.6. The van der Waals surface area contributed by atoms with E-state index in [9.17, 15) is 0 Å². The third kappa shape index (κ3) is 4.80. The van der Waals surface area contributed by atoms with Crippen molar-refractivity contribution in [2.75, 3.05) is 31.5 Å². The first kappa shape index (κ1) is 15.3. The smallest absolute Gasteiger partial charge is 0.0760 e. The van der Waals surface area contributed by atoms with Gasteiger partial charge in [-0.3, -0.25) is 4.90 Å². The minimum atomic E-state index is -0.0470. The molecular formula is C17H28N2O. The SMILES string of the molecule is CC1(C)CN(CCCNc2ccccc2)CC(C)(C)O1. The van der Waals surface area contributed by atoms with Crippen molar-refractivity contribution in [1.29, 1.82) is 0 Å². The van der Waals surface area contributed by atoms with Gasteiger partial charge < -0.3 is 10.1 Å². The fraction of sp³-hybridized carbons (Fsp3) is 0.647. The molecule has 1 heterocycles. The van der Waals surface area contributed by atoms with E-state index in [0.717, 1.165) is 32.6 Å². The van der Waals surface area contributed by atoms with E-state index in [1.165, 1.54) is 5.69 Å². The Hall–Kier alpha value is -1.06. The predicted octanol–water partition coefficient (Wildman–Crippen LogP) is 3.38. The van der Waals surface area contributed by atoms with Crippen LogP contribution in [0.15, 0.2) is 30.3 Å². The maximum atomic E-state index is 6.11. The van der Waals surface area contributed by atoms with E-state index in [0.29, 0.717) is 0 Å². The molecule has 1 aliphatic rings. The lowest BCUT2D eigenvalue weighted by atomic mass is 9.99. The lowest BCUT2D eigenvalue weighted by Crippen LogP contribution is -2.57. The number of hydrogen-bond donors (Lipinski definition) is 1. The molecule has 0 spiro atoms. The quantitative estimate of drug-likeness (QED) is 0.834. The van der Waals surface area contributed by atoms with E-state index in [1.807, 2.05) is 6.07 Å². The third-order valence-electron chi connectivity index (χ3n) is 3.52. The second-order valence-electron chi connectivity index (χ2n) is 6.98. The van der Waals surface area contributed by atoms with Crippen molar-refractivity contribution in [3.8, 4) is 0 Å². The Balaban J connectivity index is 1.74. The molecule has 20 heavy (non-hydrogen) atoms. The van der Waals surface area contributed by atoms with E-state index >= 15 is 0 Å². The molecule has 1 saturated heterocycles. The number of benzene rings is 1. The minimum absolute atomic E-state index is 0.0470. The van der Waals surface area contributed by atoms with E-state index in [1.54, 1.807) is 0 Å². The summed E-state index contributed by atoms with van der Waals surface area (Å²) in [5, 5.41) is 3.47. The summed E-state index contributed by atoms with van der Waals surface area (Å²) >= 11 is 0. The van der Waals surface area contributed by atoms with Crippen molar-refractivity contribution in [2.24, 2.45) is 0 Å². The maximum Gasteiger partial charge on any atom is 0.0760 e. The van der Waals surface area contributed by atoms with E-state index in [4.69, 9.17) is 4.74 Å². The molecular weight excluding hydrogens is 248 g/mol. The standard InChI is InChI=1S/C17H28N2O/c1-16(2)13-19(14-17(3,4)20-16)12-8-11-18-15-9-6-5-7-10-15/h5-7,9-10,18H,8,11-14H2,1-4H3. The lowest BCUT2D eigenvalue weighted by Gasteiger charge is -2.47. The summed E-state index contributed by atoms with van der Waals surface area (Å²) in [5.41, 5.74) is 1.11. The highest BCUT2D eigenvalue weighted by atomic mass is 16.5. The van der Waals surface area contributed by atoms with Crippen molar-refractivity contribution in [3.63, 3.8) is 0 Å². The van der Waals surface area contributed by atoms with Gasteiger partial charge in [-0.15, -0.1) is 0 Å². The zero-order chi connectivity index (χ0) is 14.6. The number of rotatable bonds is 5. The van der Waals surface area contributed by atoms with Crippen molar-refractivity contribution >= 4 is 5.69 Å². The largest absolute Gasteiger partial charge is 0.385 e. The van der Waals surface area contributed by atoms with Gasteiger partial charge in [0.1, 0.15) is 0 Å². The molecule has 0 amide bonds. The van der Waals surface area contributed by atoms with Crippen LogP contribution in [-0.4, -0.2) is 42.3 Å². The summed E-state index contributed by atoms with van der Waals surface area (Å²) in [5.74, 6) is 0. The zero-order valence-corrected chi connectivity index (χ0v) is 13.3. The Morgan fingerprint density at radius 1 is 1.05 bits per heavy atom. The Labute approximate surface area is 123 Å². The molecule has 1 aliphatic heterocycles. The van der Waals surface area contributed by atoms with Crippen LogP contribution in [0.2, 0.25) is 0 Å². The Morgan fingerprint density at radius 3 is 2.25 bits per heavy atom. The van der Waals surface area contributed by atoms with Gasteiger partial charge in [0.25, 0.3) is 0 Å². The monoisotopic (exact) mass is 276 g/mol. The Kier molecular flexibility index (Phi) is 4.71. The summed E-state index contributed by atoms with van der Waals surface area (Å²) in [6, 6.07) is 10.4. The van der Waals surface area contributed by atoms with Gasteiger partial charge in [-0.1, -0.05) is 18.2 Å². The summed E-state index contributed by atoms with van der Waals surface area (Å²) < 4.78 is 6.11. The van der Waals surface area contributed by atoms with Crippen LogP contribution in [0, 0.1) is 0 Å². The van der Waals surface area contributed by atoms with Crippen molar-refractivity contribution < 1.29 is 4.74 Å². The Morgan fingerprint density at radius 2 is 1.65 bits per heavy atom. The first-order valence-electron chi connectivity index (χ1n) is 7.58. The molecule has 1 aromatic carbocycles. The molecule has 2 rings (SSSR count). The first-order valence-corrected chi connectivity index (χ1v) is 7.58. The van der Waals surface area contributed by atoms with Gasteiger partial charge in [0.05, 0.1) is 11.2 Å². The number of hydrogen-bond acceptors (Lipinski definition) is 3. The first-order chi connectivity index (χ1) is 9.36. The van der Waals surface area contributed by atoms with Crippen molar-refractivity contribution in [3.05, 3.63) is 30.3 Å². The Bertz CT molecular complexity index is 398. The molecule has 1 aromatic rings.